The van der Waals surface area contributed by atoms with E-state index < -0.39 is 0 Å². The molecule has 62 valence electrons. The molecule has 4 nitrogen and oxygen atoms in total. The highest BCUT2D eigenvalue weighted by Gasteiger charge is 2.06. The van der Waals surface area contributed by atoms with E-state index in [1.807, 2.05) is 0 Å². The van der Waals surface area contributed by atoms with Crippen molar-refractivity contribution in [1.82, 2.24) is 0 Å². The summed E-state index contributed by atoms with van der Waals surface area (Å²) in [5, 5.41) is 0. The van der Waals surface area contributed by atoms with Crippen LogP contribution < -0.4 is 22.1 Å². The number of hydrogen-bond donors (Lipinski definition) is 4. The number of hydrogen-bond acceptors (Lipinski definition) is 0. The SMILES string of the molecule is [NH3+]CC[NH+](CC[NH3+])CC[NH3+]. The van der Waals surface area contributed by atoms with E-state index in [1.54, 1.807) is 4.90 Å². The van der Waals surface area contributed by atoms with Gasteiger partial charge in [-0.05, 0) is 0 Å². The van der Waals surface area contributed by atoms with Gasteiger partial charge in [-0.2, -0.15) is 0 Å². The number of rotatable bonds is 6. The van der Waals surface area contributed by atoms with Crippen LogP contribution in [0.3, 0.4) is 0 Å². The van der Waals surface area contributed by atoms with Crippen LogP contribution in [0.2, 0.25) is 0 Å². The van der Waals surface area contributed by atoms with Gasteiger partial charge in [-0.25, -0.2) is 0 Å². The van der Waals surface area contributed by atoms with Crippen LogP contribution in [0.1, 0.15) is 0 Å². The number of nitrogens with one attached hydrogen (secondary N) is 1. The molecule has 0 aliphatic rings. The molecule has 0 aromatic heterocycles. The Bertz CT molecular complexity index is 52.5. The van der Waals surface area contributed by atoms with Crippen molar-refractivity contribution in [3.05, 3.63) is 0 Å². The molecule has 0 aromatic carbocycles. The maximum Gasteiger partial charge on any atom is 0.127 e. The van der Waals surface area contributed by atoms with E-state index in [1.165, 1.54) is 19.6 Å². The van der Waals surface area contributed by atoms with Crippen molar-refractivity contribution in [2.45, 2.75) is 0 Å². The van der Waals surface area contributed by atoms with Gasteiger partial charge in [-0.1, -0.05) is 0 Å². The number of quaternary nitrogens is 4. The Morgan fingerprint density at radius 3 is 1.20 bits per heavy atom. The first-order chi connectivity index (χ1) is 4.85. The lowest BCUT2D eigenvalue weighted by Crippen LogP contribution is -3.16. The summed E-state index contributed by atoms with van der Waals surface area (Å²) in [5.74, 6) is 0. The topological polar surface area (TPSA) is 87.4 Å². The van der Waals surface area contributed by atoms with E-state index in [0.717, 1.165) is 19.6 Å². The van der Waals surface area contributed by atoms with Crippen LogP contribution in [0, 0.1) is 0 Å². The minimum Gasteiger partial charge on any atom is -0.353 e. The highest BCUT2D eigenvalue weighted by atomic mass is 15.1. The third-order valence-corrected chi connectivity index (χ3v) is 1.59. The maximum atomic E-state index is 3.83. The van der Waals surface area contributed by atoms with E-state index in [4.69, 9.17) is 0 Å². The highest BCUT2D eigenvalue weighted by molar-refractivity contribution is 4.26. The lowest BCUT2D eigenvalue weighted by atomic mass is 10.4. The van der Waals surface area contributed by atoms with Gasteiger partial charge in [0.25, 0.3) is 0 Å². The second-order valence-corrected chi connectivity index (χ2v) is 2.56. The maximum absolute atomic E-state index is 3.83. The first-order valence-corrected chi connectivity index (χ1v) is 4.06. The standard InChI is InChI=1S/C6H18N4/c7-1-4-10(5-2-8)6-3-9/h1-9H2/p+4. The summed E-state index contributed by atoms with van der Waals surface area (Å²) in [6, 6.07) is 0. The lowest BCUT2D eigenvalue weighted by molar-refractivity contribution is -0.914. The fourth-order valence-electron chi connectivity index (χ4n) is 1.12. The fraction of sp³-hybridized carbons (Fsp3) is 1.00. The molecule has 10 heavy (non-hydrogen) atoms. The summed E-state index contributed by atoms with van der Waals surface area (Å²) in [6.07, 6.45) is 0. The highest BCUT2D eigenvalue weighted by Crippen LogP contribution is 1.44. The van der Waals surface area contributed by atoms with Crippen molar-refractivity contribution in [1.29, 1.82) is 0 Å². The van der Waals surface area contributed by atoms with Crippen LogP contribution in [0.5, 0.6) is 0 Å². The Morgan fingerprint density at radius 2 is 1.00 bits per heavy atom. The third-order valence-electron chi connectivity index (χ3n) is 1.59. The van der Waals surface area contributed by atoms with Gasteiger partial charge in [0.1, 0.15) is 39.3 Å². The summed E-state index contributed by atoms with van der Waals surface area (Å²) in [5.41, 5.74) is 11.5. The van der Waals surface area contributed by atoms with Gasteiger partial charge in [-0.15, -0.1) is 0 Å². The molecule has 0 atom stereocenters. The van der Waals surface area contributed by atoms with Crippen LogP contribution in [-0.4, -0.2) is 39.3 Å². The lowest BCUT2D eigenvalue weighted by Gasteiger charge is -2.13. The van der Waals surface area contributed by atoms with Crippen molar-refractivity contribution in [2.24, 2.45) is 0 Å². The fourth-order valence-corrected chi connectivity index (χ4v) is 1.12. The van der Waals surface area contributed by atoms with E-state index in [2.05, 4.69) is 17.2 Å². The van der Waals surface area contributed by atoms with Crippen molar-refractivity contribution in [3.63, 3.8) is 0 Å². The summed E-state index contributed by atoms with van der Waals surface area (Å²) >= 11 is 0. The second-order valence-electron chi connectivity index (χ2n) is 2.56. The molecular formula is C6H22N4+4. The molecular weight excluding hydrogens is 128 g/mol. The Kier molecular flexibility index (Phi) is 6.84. The normalized spacial score (nSPS) is 10.8. The van der Waals surface area contributed by atoms with Crippen LogP contribution in [0.15, 0.2) is 0 Å². The second kappa shape index (κ2) is 6.95. The predicted octanol–water partition coefficient (Wildman–Crippen LogP) is -5.40. The molecule has 0 saturated carbocycles. The van der Waals surface area contributed by atoms with E-state index in [-0.39, 0.29) is 0 Å². The summed E-state index contributed by atoms with van der Waals surface area (Å²) in [6.45, 7) is 6.58. The molecule has 0 saturated heterocycles. The molecule has 0 amide bonds. The zero-order chi connectivity index (χ0) is 7.82. The van der Waals surface area contributed by atoms with Gasteiger partial charge in [0.05, 0.1) is 0 Å². The van der Waals surface area contributed by atoms with E-state index in [9.17, 15) is 0 Å². The summed E-state index contributed by atoms with van der Waals surface area (Å²) in [4.78, 5) is 1.60. The van der Waals surface area contributed by atoms with Gasteiger partial charge in [0, 0.05) is 0 Å². The Labute approximate surface area is 62.3 Å². The smallest absolute Gasteiger partial charge is 0.127 e. The largest absolute Gasteiger partial charge is 0.353 e. The molecule has 0 radical (unpaired) electrons. The van der Waals surface area contributed by atoms with Gasteiger partial charge >= 0.3 is 0 Å². The molecule has 0 bridgehead atoms. The zero-order valence-electron chi connectivity index (χ0n) is 6.86. The van der Waals surface area contributed by atoms with Gasteiger partial charge in [0.15, 0.2) is 0 Å². The van der Waals surface area contributed by atoms with Crippen LogP contribution in [0.25, 0.3) is 0 Å². The van der Waals surface area contributed by atoms with Crippen LogP contribution >= 0.6 is 0 Å². The molecule has 0 heterocycles. The first-order valence-electron chi connectivity index (χ1n) is 4.06. The first kappa shape index (κ1) is 9.84. The Hall–Kier alpha value is -0.160. The van der Waals surface area contributed by atoms with E-state index >= 15 is 0 Å². The molecule has 0 unspecified atom stereocenters. The average molecular weight is 150 g/mol. The molecule has 0 aliphatic heterocycles. The minimum atomic E-state index is 1.02. The van der Waals surface area contributed by atoms with Crippen LogP contribution in [0.4, 0.5) is 0 Å². The zero-order valence-corrected chi connectivity index (χ0v) is 6.86. The molecule has 4 heteroatoms. The average Bonchev–Trinajstić information content (AvgIpc) is 1.90. The van der Waals surface area contributed by atoms with E-state index in [0.29, 0.717) is 0 Å². The molecule has 0 fully saturated rings. The monoisotopic (exact) mass is 150 g/mol. The van der Waals surface area contributed by atoms with Crippen molar-refractivity contribution in [3.8, 4) is 0 Å². The third kappa shape index (κ3) is 4.69. The molecule has 0 spiro atoms. The molecule has 0 aromatic rings. The quantitative estimate of drug-likeness (QED) is 0.291. The van der Waals surface area contributed by atoms with Crippen molar-refractivity contribution >= 4 is 0 Å². The van der Waals surface area contributed by atoms with Crippen molar-refractivity contribution < 1.29 is 22.1 Å². The predicted molar refractivity (Wildman–Crippen MR) is 38.8 cm³/mol. The Morgan fingerprint density at radius 1 is 0.700 bits per heavy atom. The Balaban J connectivity index is 3.30. The van der Waals surface area contributed by atoms with Crippen LogP contribution in [-0.2, 0) is 0 Å². The van der Waals surface area contributed by atoms with Gasteiger partial charge < -0.3 is 22.1 Å². The van der Waals surface area contributed by atoms with Gasteiger partial charge in [0.2, 0.25) is 0 Å². The summed E-state index contributed by atoms with van der Waals surface area (Å²) in [7, 11) is 0. The molecule has 0 aliphatic carbocycles. The summed E-state index contributed by atoms with van der Waals surface area (Å²) < 4.78 is 0. The van der Waals surface area contributed by atoms with Gasteiger partial charge in [-0.3, -0.25) is 0 Å². The van der Waals surface area contributed by atoms with Crippen molar-refractivity contribution in [2.75, 3.05) is 39.3 Å². The molecule has 0 rings (SSSR count). The minimum absolute atomic E-state index is 1.02. The molecule has 10 N–H and O–H groups in total.